The molecule has 2 atom stereocenters. The fraction of sp³-hybridized carbons (Fsp3) is 0.875. The fourth-order valence-electron chi connectivity index (χ4n) is 1.64. The molecule has 1 rings (SSSR count). The molecule has 0 aromatic rings. The predicted molar refractivity (Wildman–Crippen MR) is 56.2 cm³/mol. The van der Waals surface area contributed by atoms with E-state index in [0.717, 1.165) is 19.5 Å². The average Bonchev–Trinajstić information content (AvgIpc) is 2.50. The van der Waals surface area contributed by atoms with Crippen LogP contribution in [0.15, 0.2) is 0 Å². The summed E-state index contributed by atoms with van der Waals surface area (Å²) in [6, 6.07) is 0. The van der Waals surface area contributed by atoms with Gasteiger partial charge in [-0.3, -0.25) is 4.79 Å². The number of nitrogens with one attached hydrogen (secondary N) is 1. The third kappa shape index (κ3) is 2.71. The van der Waals surface area contributed by atoms with Crippen LogP contribution in [0.25, 0.3) is 0 Å². The molecule has 4 heteroatoms. The first-order chi connectivity index (χ1) is 5.29. The number of ketones is 1. The van der Waals surface area contributed by atoms with Crippen molar-refractivity contribution in [3.05, 3.63) is 0 Å². The van der Waals surface area contributed by atoms with Crippen molar-refractivity contribution in [3.63, 3.8) is 0 Å². The molecular weight excluding hydrogens is 241 g/mol. The molecule has 1 fully saturated rings. The summed E-state index contributed by atoms with van der Waals surface area (Å²) in [5.41, 5.74) is 0. The minimum atomic E-state index is 0. The van der Waals surface area contributed by atoms with Gasteiger partial charge in [0.25, 0.3) is 0 Å². The van der Waals surface area contributed by atoms with Gasteiger partial charge >= 0.3 is 0 Å². The summed E-state index contributed by atoms with van der Waals surface area (Å²) in [7, 11) is 0. The molecule has 0 aromatic carbocycles. The second-order valence-corrected chi connectivity index (χ2v) is 3.59. The highest BCUT2D eigenvalue weighted by atomic mass is 79.9. The number of hydrogen-bond acceptors (Lipinski definition) is 2. The monoisotopic (exact) mass is 255 g/mol. The predicted octanol–water partition coefficient (Wildman–Crippen LogP) is 1.62. The van der Waals surface area contributed by atoms with E-state index in [1.807, 2.05) is 0 Å². The molecule has 0 amide bonds. The molecule has 1 saturated heterocycles. The van der Waals surface area contributed by atoms with Gasteiger partial charge in [0.05, 0.1) is 5.33 Å². The van der Waals surface area contributed by atoms with Gasteiger partial charge in [-0.15, -0.1) is 12.4 Å². The van der Waals surface area contributed by atoms with Gasteiger partial charge in [-0.2, -0.15) is 0 Å². The number of carbonyl (C=O) groups excluding carboxylic acids is 1. The average molecular weight is 257 g/mol. The van der Waals surface area contributed by atoms with Crippen molar-refractivity contribution in [2.75, 3.05) is 18.4 Å². The van der Waals surface area contributed by atoms with Gasteiger partial charge in [0.1, 0.15) is 5.78 Å². The highest BCUT2D eigenvalue weighted by molar-refractivity contribution is 9.09. The van der Waals surface area contributed by atoms with E-state index in [9.17, 15) is 4.79 Å². The van der Waals surface area contributed by atoms with Crippen LogP contribution in [0.3, 0.4) is 0 Å². The number of rotatable bonds is 3. The maximum atomic E-state index is 11.3. The Labute approximate surface area is 88.0 Å². The van der Waals surface area contributed by atoms with Crippen LogP contribution in [0.1, 0.15) is 13.3 Å². The molecule has 12 heavy (non-hydrogen) atoms. The van der Waals surface area contributed by atoms with Crippen LogP contribution >= 0.6 is 28.3 Å². The summed E-state index contributed by atoms with van der Waals surface area (Å²) in [6.07, 6.45) is 1.11. The number of Topliss-reactive ketones (excluding diaryl/α,β-unsaturated/α-hetero) is 1. The van der Waals surface area contributed by atoms with Crippen LogP contribution in [0, 0.1) is 11.8 Å². The Morgan fingerprint density at radius 1 is 1.58 bits per heavy atom. The summed E-state index contributed by atoms with van der Waals surface area (Å²) in [6.45, 7) is 4.04. The maximum absolute atomic E-state index is 11.3. The molecule has 2 nitrogen and oxygen atoms in total. The maximum Gasteiger partial charge on any atom is 0.148 e. The Balaban J connectivity index is 0.00000121. The molecular formula is C8H15BrClNO. The Hall–Kier alpha value is 0.400. The van der Waals surface area contributed by atoms with E-state index in [0.29, 0.717) is 17.0 Å². The third-order valence-electron chi connectivity index (χ3n) is 2.41. The van der Waals surface area contributed by atoms with Gasteiger partial charge < -0.3 is 5.32 Å². The number of alkyl halides is 1. The Bertz CT molecular complexity index is 154. The standard InChI is InChI=1S/C8H14BrNO.ClH/c1-2-6-4-10-5-7(6)8(11)3-9;/h6-7,10H,2-5H2,1H3;1H/t6-,7+;/m1./s1. The van der Waals surface area contributed by atoms with Crippen molar-refractivity contribution in [2.24, 2.45) is 11.8 Å². The van der Waals surface area contributed by atoms with Gasteiger partial charge in [-0.1, -0.05) is 29.3 Å². The third-order valence-corrected chi connectivity index (χ3v) is 2.96. The van der Waals surface area contributed by atoms with E-state index < -0.39 is 0 Å². The molecule has 0 bridgehead atoms. The van der Waals surface area contributed by atoms with E-state index in [-0.39, 0.29) is 18.3 Å². The second kappa shape index (κ2) is 5.95. The smallest absolute Gasteiger partial charge is 0.148 e. The summed E-state index contributed by atoms with van der Waals surface area (Å²) in [5, 5.41) is 3.76. The van der Waals surface area contributed by atoms with Crippen molar-refractivity contribution in [1.29, 1.82) is 0 Å². The van der Waals surface area contributed by atoms with E-state index in [1.165, 1.54) is 0 Å². The molecule has 1 aliphatic heterocycles. The lowest BCUT2D eigenvalue weighted by atomic mass is 9.91. The lowest BCUT2D eigenvalue weighted by Gasteiger charge is -2.13. The van der Waals surface area contributed by atoms with E-state index in [4.69, 9.17) is 0 Å². The van der Waals surface area contributed by atoms with Crippen molar-refractivity contribution in [1.82, 2.24) is 5.32 Å². The minimum absolute atomic E-state index is 0. The van der Waals surface area contributed by atoms with Crippen molar-refractivity contribution >= 4 is 34.1 Å². The Kier molecular flexibility index (Phi) is 6.14. The highest BCUT2D eigenvalue weighted by Crippen LogP contribution is 2.21. The first-order valence-corrected chi connectivity index (χ1v) is 5.21. The van der Waals surface area contributed by atoms with Crippen LogP contribution in [-0.4, -0.2) is 24.2 Å². The molecule has 0 saturated carbocycles. The lowest BCUT2D eigenvalue weighted by molar-refractivity contribution is -0.120. The quantitative estimate of drug-likeness (QED) is 0.778. The van der Waals surface area contributed by atoms with Gasteiger partial charge in [0.15, 0.2) is 0 Å². The first-order valence-electron chi connectivity index (χ1n) is 4.09. The molecule has 0 aromatic heterocycles. The molecule has 1 heterocycles. The Morgan fingerprint density at radius 2 is 2.25 bits per heavy atom. The SMILES string of the molecule is CC[C@@H]1CNC[C@@H]1C(=O)CBr.Cl. The summed E-state index contributed by atoms with van der Waals surface area (Å²) >= 11 is 3.20. The van der Waals surface area contributed by atoms with Crippen molar-refractivity contribution in [2.45, 2.75) is 13.3 Å². The molecule has 0 radical (unpaired) electrons. The summed E-state index contributed by atoms with van der Waals surface area (Å²) < 4.78 is 0. The topological polar surface area (TPSA) is 29.1 Å². The van der Waals surface area contributed by atoms with Crippen LogP contribution in [0.2, 0.25) is 0 Å². The van der Waals surface area contributed by atoms with Gasteiger partial charge in [0.2, 0.25) is 0 Å². The normalized spacial score (nSPS) is 28.2. The number of carbonyl (C=O) groups is 1. The molecule has 0 unspecified atom stereocenters. The van der Waals surface area contributed by atoms with Gasteiger partial charge in [-0.05, 0) is 12.5 Å². The molecule has 1 aliphatic rings. The number of hydrogen-bond donors (Lipinski definition) is 1. The van der Waals surface area contributed by atoms with E-state index in [2.05, 4.69) is 28.2 Å². The van der Waals surface area contributed by atoms with Crippen LogP contribution in [-0.2, 0) is 4.79 Å². The first kappa shape index (κ1) is 12.4. The van der Waals surface area contributed by atoms with Crippen molar-refractivity contribution in [3.8, 4) is 0 Å². The molecule has 72 valence electrons. The lowest BCUT2D eigenvalue weighted by Crippen LogP contribution is -2.23. The van der Waals surface area contributed by atoms with Crippen molar-refractivity contribution < 1.29 is 4.79 Å². The second-order valence-electron chi connectivity index (χ2n) is 3.03. The zero-order valence-corrected chi connectivity index (χ0v) is 9.58. The zero-order chi connectivity index (χ0) is 8.27. The van der Waals surface area contributed by atoms with Gasteiger partial charge in [-0.25, -0.2) is 0 Å². The molecule has 0 spiro atoms. The summed E-state index contributed by atoms with van der Waals surface area (Å²) in [5.74, 6) is 1.18. The van der Waals surface area contributed by atoms with Crippen LogP contribution in [0.4, 0.5) is 0 Å². The van der Waals surface area contributed by atoms with Crippen LogP contribution < -0.4 is 5.32 Å². The van der Waals surface area contributed by atoms with E-state index >= 15 is 0 Å². The molecule has 1 N–H and O–H groups in total. The van der Waals surface area contributed by atoms with E-state index in [1.54, 1.807) is 0 Å². The van der Waals surface area contributed by atoms with Gasteiger partial charge in [0, 0.05) is 12.5 Å². The largest absolute Gasteiger partial charge is 0.316 e. The summed E-state index contributed by atoms with van der Waals surface area (Å²) in [4.78, 5) is 11.3. The fourth-order valence-corrected chi connectivity index (χ4v) is 2.05. The van der Waals surface area contributed by atoms with Crippen LogP contribution in [0.5, 0.6) is 0 Å². The Morgan fingerprint density at radius 3 is 2.75 bits per heavy atom. The zero-order valence-electron chi connectivity index (χ0n) is 7.18. The minimum Gasteiger partial charge on any atom is -0.316 e. The number of halogens is 2. The highest BCUT2D eigenvalue weighted by Gasteiger charge is 2.30. The molecule has 0 aliphatic carbocycles.